The molecular weight excluding hydrogens is 375 g/mol. The summed E-state index contributed by atoms with van der Waals surface area (Å²) in [4.78, 5) is 40.0. The van der Waals surface area contributed by atoms with Crippen molar-refractivity contribution < 1.29 is 18.9 Å². The van der Waals surface area contributed by atoms with Crippen LogP contribution in [-0.4, -0.2) is 28.3 Å². The van der Waals surface area contributed by atoms with Crippen molar-refractivity contribution in [2.24, 2.45) is 5.92 Å². The minimum absolute atomic E-state index is 0.00784. The van der Waals surface area contributed by atoms with Gasteiger partial charge in [0.25, 0.3) is 0 Å². The molecule has 27 heavy (non-hydrogen) atoms. The van der Waals surface area contributed by atoms with Crippen LogP contribution in [0.15, 0.2) is 17.5 Å². The van der Waals surface area contributed by atoms with Crippen molar-refractivity contribution in [3.63, 3.8) is 0 Å². The number of carbonyl (C=O) groups is 2. The molecule has 1 aromatic carbocycles. The molecule has 2 heterocycles. The van der Waals surface area contributed by atoms with Gasteiger partial charge in [0.15, 0.2) is 5.13 Å². The number of thiazole rings is 1. The van der Waals surface area contributed by atoms with Gasteiger partial charge in [-0.25, -0.2) is 4.98 Å². The number of anilines is 2. The number of rotatable bonds is 5. The minimum Gasteiger partial charge on any atom is -0.311 e. The quantitative estimate of drug-likeness (QED) is 0.622. The summed E-state index contributed by atoms with van der Waals surface area (Å²) in [6, 6.07) is 2.47. The first-order chi connectivity index (χ1) is 12.8. The van der Waals surface area contributed by atoms with Gasteiger partial charge in [-0.15, -0.1) is 11.3 Å². The molecule has 0 spiro atoms. The lowest BCUT2D eigenvalue weighted by atomic mass is 10.1. The summed E-state index contributed by atoms with van der Waals surface area (Å²) in [5, 5.41) is 15.6. The molecule has 0 saturated heterocycles. The maximum Gasteiger partial charge on any atom is 0.305 e. The topological polar surface area (TPSA) is 105 Å². The minimum atomic E-state index is -0.889. The van der Waals surface area contributed by atoms with Gasteiger partial charge in [0, 0.05) is 29.5 Å². The van der Waals surface area contributed by atoms with Crippen LogP contribution in [0.3, 0.4) is 0 Å². The van der Waals surface area contributed by atoms with Crippen LogP contribution < -0.4 is 10.2 Å². The van der Waals surface area contributed by atoms with Crippen LogP contribution in [-0.2, 0) is 22.4 Å². The van der Waals surface area contributed by atoms with Crippen LogP contribution >= 0.6 is 11.3 Å². The number of nitrogens with zero attached hydrogens (tertiary/aromatic N) is 3. The molecule has 142 valence electrons. The number of amides is 2. The first-order valence-corrected chi connectivity index (χ1v) is 9.17. The molecule has 0 fully saturated rings. The third kappa shape index (κ3) is 3.80. The molecule has 1 N–H and O–H groups in total. The zero-order valence-corrected chi connectivity index (χ0v) is 15.5. The summed E-state index contributed by atoms with van der Waals surface area (Å²) in [6.45, 7) is 3.79. The standard InChI is InChI=1S/C17H17FN4O4S/c1-9(2)16(24)20-17-19-10(8-27-17)7-14(23)21-6-5-11-12(21)3-4-13(15(11)18)22(25)26/h3-4,8-9H,5-7H2,1-2H3,(H,19,20,24). The molecule has 0 saturated carbocycles. The summed E-state index contributed by atoms with van der Waals surface area (Å²) in [5.74, 6) is -1.51. The fraction of sp³-hybridized carbons (Fsp3) is 0.353. The Labute approximate surface area is 158 Å². The SMILES string of the molecule is CC(C)C(=O)Nc1nc(CC(=O)N2CCc3c2ccc([N+](=O)[O-])c3F)cs1. The molecule has 0 atom stereocenters. The highest BCUT2D eigenvalue weighted by Crippen LogP contribution is 2.35. The highest BCUT2D eigenvalue weighted by Gasteiger charge is 2.31. The van der Waals surface area contributed by atoms with Gasteiger partial charge in [0.2, 0.25) is 17.6 Å². The second-order valence-corrected chi connectivity index (χ2v) is 7.27. The monoisotopic (exact) mass is 392 g/mol. The van der Waals surface area contributed by atoms with Crippen molar-refractivity contribution in [1.82, 2.24) is 4.98 Å². The number of hydrogen-bond acceptors (Lipinski definition) is 6. The highest BCUT2D eigenvalue weighted by molar-refractivity contribution is 7.13. The van der Waals surface area contributed by atoms with Crippen molar-refractivity contribution in [3.8, 4) is 0 Å². The maximum atomic E-state index is 14.2. The number of hydrogen-bond donors (Lipinski definition) is 1. The summed E-state index contributed by atoms with van der Waals surface area (Å²) < 4.78 is 14.2. The van der Waals surface area contributed by atoms with E-state index in [0.29, 0.717) is 16.5 Å². The van der Waals surface area contributed by atoms with Crippen LogP contribution in [0.25, 0.3) is 0 Å². The van der Waals surface area contributed by atoms with Crippen molar-refractivity contribution in [1.29, 1.82) is 0 Å². The Hall–Kier alpha value is -2.88. The predicted molar refractivity (Wildman–Crippen MR) is 98.4 cm³/mol. The zero-order chi connectivity index (χ0) is 19.7. The van der Waals surface area contributed by atoms with E-state index in [9.17, 15) is 24.1 Å². The van der Waals surface area contributed by atoms with E-state index >= 15 is 0 Å². The Kier molecular flexibility index (Phi) is 5.17. The number of carbonyl (C=O) groups excluding carboxylic acids is 2. The summed E-state index contributed by atoms with van der Waals surface area (Å²) in [6.07, 6.45) is 0.216. The van der Waals surface area contributed by atoms with Gasteiger partial charge in [0.05, 0.1) is 22.7 Å². The van der Waals surface area contributed by atoms with Gasteiger partial charge in [-0.05, 0) is 12.5 Å². The van der Waals surface area contributed by atoms with Gasteiger partial charge in [-0.1, -0.05) is 13.8 Å². The van der Waals surface area contributed by atoms with Crippen LogP contribution in [0, 0.1) is 21.8 Å². The lowest BCUT2D eigenvalue weighted by Crippen LogP contribution is -2.30. The summed E-state index contributed by atoms with van der Waals surface area (Å²) in [5.41, 5.74) is 0.445. The van der Waals surface area contributed by atoms with Gasteiger partial charge >= 0.3 is 5.69 Å². The molecule has 1 aliphatic rings. The molecule has 0 bridgehead atoms. The Bertz CT molecular complexity index is 928. The molecule has 3 rings (SSSR count). The third-order valence-corrected chi connectivity index (χ3v) is 5.02. The van der Waals surface area contributed by atoms with Gasteiger partial charge in [-0.3, -0.25) is 19.7 Å². The van der Waals surface area contributed by atoms with Crippen molar-refractivity contribution >= 4 is 39.7 Å². The molecule has 0 unspecified atom stereocenters. The van der Waals surface area contributed by atoms with E-state index in [0.717, 1.165) is 6.07 Å². The number of aromatic nitrogens is 1. The fourth-order valence-corrected chi connectivity index (χ4v) is 3.49. The maximum absolute atomic E-state index is 14.2. The number of nitrogens with one attached hydrogen (secondary N) is 1. The average molecular weight is 392 g/mol. The molecular formula is C17H17FN4O4S. The molecule has 2 aromatic rings. The second kappa shape index (κ2) is 7.39. The third-order valence-electron chi connectivity index (χ3n) is 4.21. The van der Waals surface area contributed by atoms with E-state index in [1.807, 2.05) is 0 Å². The normalized spacial score (nSPS) is 13.0. The van der Waals surface area contributed by atoms with E-state index in [1.54, 1.807) is 19.2 Å². The Morgan fingerprint density at radius 2 is 2.19 bits per heavy atom. The van der Waals surface area contributed by atoms with E-state index in [2.05, 4.69) is 10.3 Å². The summed E-state index contributed by atoms with van der Waals surface area (Å²) in [7, 11) is 0. The predicted octanol–water partition coefficient (Wildman–Crippen LogP) is 2.92. The molecule has 0 radical (unpaired) electrons. The largest absolute Gasteiger partial charge is 0.311 e. The van der Waals surface area contributed by atoms with Crippen LogP contribution in [0.1, 0.15) is 25.1 Å². The van der Waals surface area contributed by atoms with Crippen molar-refractivity contribution in [2.45, 2.75) is 26.7 Å². The molecule has 8 nitrogen and oxygen atoms in total. The van der Waals surface area contributed by atoms with Gasteiger partial charge < -0.3 is 10.2 Å². The Morgan fingerprint density at radius 1 is 1.44 bits per heavy atom. The van der Waals surface area contributed by atoms with E-state index in [-0.39, 0.29) is 42.7 Å². The van der Waals surface area contributed by atoms with Crippen molar-refractivity contribution in [2.75, 3.05) is 16.8 Å². The van der Waals surface area contributed by atoms with Crippen LogP contribution in [0.5, 0.6) is 0 Å². The molecule has 2 amide bonds. The fourth-order valence-electron chi connectivity index (χ4n) is 2.78. The molecule has 1 aliphatic heterocycles. The molecule has 0 aliphatic carbocycles. The van der Waals surface area contributed by atoms with Gasteiger partial charge in [-0.2, -0.15) is 4.39 Å². The molecule has 1 aromatic heterocycles. The average Bonchev–Trinajstić information content (AvgIpc) is 3.21. The lowest BCUT2D eigenvalue weighted by molar-refractivity contribution is -0.387. The van der Waals surface area contributed by atoms with Gasteiger partial charge in [0.1, 0.15) is 0 Å². The molecule has 10 heteroatoms. The van der Waals surface area contributed by atoms with E-state index < -0.39 is 16.4 Å². The Morgan fingerprint density at radius 3 is 2.85 bits per heavy atom. The number of nitro groups is 1. The van der Waals surface area contributed by atoms with Crippen molar-refractivity contribution in [3.05, 3.63) is 44.7 Å². The Balaban J connectivity index is 1.72. The van der Waals surface area contributed by atoms with E-state index in [1.165, 1.54) is 22.3 Å². The number of benzene rings is 1. The summed E-state index contributed by atoms with van der Waals surface area (Å²) >= 11 is 1.22. The lowest BCUT2D eigenvalue weighted by Gasteiger charge is -2.16. The van der Waals surface area contributed by atoms with Crippen LogP contribution in [0.4, 0.5) is 20.9 Å². The first-order valence-electron chi connectivity index (χ1n) is 8.29. The number of halogens is 1. The van der Waals surface area contributed by atoms with E-state index in [4.69, 9.17) is 0 Å². The second-order valence-electron chi connectivity index (χ2n) is 6.41. The first kappa shape index (κ1) is 18.9. The number of nitro benzene ring substituents is 1. The van der Waals surface area contributed by atoms with Crippen LogP contribution in [0.2, 0.25) is 0 Å². The number of fused-ring (bicyclic) bond motifs is 1. The highest BCUT2D eigenvalue weighted by atomic mass is 32.1. The zero-order valence-electron chi connectivity index (χ0n) is 14.7. The smallest absolute Gasteiger partial charge is 0.305 e.